The van der Waals surface area contributed by atoms with Crippen LogP contribution < -0.4 is 11.1 Å². The highest BCUT2D eigenvalue weighted by atomic mass is 16.4. The Kier molecular flexibility index (Phi) is 3.76. The maximum atomic E-state index is 10.7. The number of nitrogens with one attached hydrogen (secondary N) is 1. The molecular formula is C9H12N4O3. The fourth-order valence-corrected chi connectivity index (χ4v) is 1.06. The SMILES string of the molecule is CCC(Nc1ccc(C(N)=O)nn1)C(=O)O. The highest BCUT2D eigenvalue weighted by Crippen LogP contribution is 2.05. The van der Waals surface area contributed by atoms with Crippen molar-refractivity contribution < 1.29 is 14.7 Å². The second-order valence-electron chi connectivity index (χ2n) is 3.11. The minimum Gasteiger partial charge on any atom is -0.480 e. The number of hydrogen-bond acceptors (Lipinski definition) is 5. The Labute approximate surface area is 91.7 Å². The summed E-state index contributed by atoms with van der Waals surface area (Å²) in [6, 6.07) is 2.11. The average molecular weight is 224 g/mol. The fraction of sp³-hybridized carbons (Fsp3) is 0.333. The summed E-state index contributed by atoms with van der Waals surface area (Å²) >= 11 is 0. The lowest BCUT2D eigenvalue weighted by atomic mass is 10.2. The number of carboxylic acids is 1. The smallest absolute Gasteiger partial charge is 0.326 e. The monoisotopic (exact) mass is 224 g/mol. The topological polar surface area (TPSA) is 118 Å². The predicted octanol–water partition coefficient (Wildman–Crippen LogP) is -0.149. The maximum Gasteiger partial charge on any atom is 0.326 e. The maximum absolute atomic E-state index is 10.7. The van der Waals surface area contributed by atoms with Crippen LogP contribution >= 0.6 is 0 Å². The third kappa shape index (κ3) is 2.91. The molecule has 0 saturated heterocycles. The predicted molar refractivity (Wildman–Crippen MR) is 55.9 cm³/mol. The summed E-state index contributed by atoms with van der Waals surface area (Å²) in [5, 5.41) is 18.7. The van der Waals surface area contributed by atoms with Gasteiger partial charge in [0.2, 0.25) is 0 Å². The van der Waals surface area contributed by atoms with Gasteiger partial charge in [0, 0.05) is 0 Å². The van der Waals surface area contributed by atoms with E-state index in [4.69, 9.17) is 10.8 Å². The number of carboxylic acid groups (broad SMARTS) is 1. The summed E-state index contributed by atoms with van der Waals surface area (Å²) in [6.45, 7) is 1.73. The zero-order chi connectivity index (χ0) is 12.1. The molecule has 7 heteroatoms. The first kappa shape index (κ1) is 11.9. The van der Waals surface area contributed by atoms with Crippen LogP contribution in [0.4, 0.5) is 5.82 Å². The van der Waals surface area contributed by atoms with Crippen LogP contribution in [0.5, 0.6) is 0 Å². The summed E-state index contributed by atoms with van der Waals surface area (Å²) in [4.78, 5) is 21.4. The normalized spacial score (nSPS) is 11.8. The number of carbonyl (C=O) groups is 2. The second-order valence-corrected chi connectivity index (χ2v) is 3.11. The van der Waals surface area contributed by atoms with Crippen molar-refractivity contribution in [2.24, 2.45) is 5.73 Å². The molecule has 0 bridgehead atoms. The molecule has 0 spiro atoms. The Bertz CT molecular complexity index is 390. The summed E-state index contributed by atoms with van der Waals surface area (Å²) in [5.74, 6) is -1.35. The molecule has 4 N–H and O–H groups in total. The molecule has 1 aromatic heterocycles. The third-order valence-electron chi connectivity index (χ3n) is 1.95. The summed E-state index contributed by atoms with van der Waals surface area (Å²) < 4.78 is 0. The average Bonchev–Trinajstić information content (AvgIpc) is 2.26. The first-order chi connectivity index (χ1) is 7.54. The van der Waals surface area contributed by atoms with E-state index >= 15 is 0 Å². The molecule has 0 radical (unpaired) electrons. The molecule has 0 fully saturated rings. The Balaban J connectivity index is 2.75. The number of aliphatic carboxylic acids is 1. The van der Waals surface area contributed by atoms with Gasteiger partial charge in [-0.3, -0.25) is 4.79 Å². The number of nitrogens with zero attached hydrogens (tertiary/aromatic N) is 2. The van der Waals surface area contributed by atoms with Crippen molar-refractivity contribution in [2.45, 2.75) is 19.4 Å². The molecule has 0 saturated carbocycles. The van der Waals surface area contributed by atoms with Crippen LogP contribution in [0.1, 0.15) is 23.8 Å². The van der Waals surface area contributed by atoms with Crippen molar-refractivity contribution in [3.05, 3.63) is 17.8 Å². The lowest BCUT2D eigenvalue weighted by Gasteiger charge is -2.11. The number of hydrogen-bond donors (Lipinski definition) is 3. The standard InChI is InChI=1S/C9H12N4O3/c1-2-5(9(15)16)11-7-4-3-6(8(10)14)12-13-7/h3-5H,2H2,1H3,(H2,10,14)(H,11,13)(H,15,16). The first-order valence-electron chi connectivity index (χ1n) is 4.67. The van der Waals surface area contributed by atoms with E-state index in [1.54, 1.807) is 6.92 Å². The zero-order valence-corrected chi connectivity index (χ0v) is 8.67. The lowest BCUT2D eigenvalue weighted by molar-refractivity contribution is -0.137. The highest BCUT2D eigenvalue weighted by Gasteiger charge is 2.15. The molecule has 0 aliphatic carbocycles. The van der Waals surface area contributed by atoms with E-state index in [9.17, 15) is 9.59 Å². The summed E-state index contributed by atoms with van der Waals surface area (Å²) in [7, 11) is 0. The van der Waals surface area contributed by atoms with Crippen LogP contribution in [0.2, 0.25) is 0 Å². The van der Waals surface area contributed by atoms with E-state index in [0.29, 0.717) is 12.2 Å². The number of carbonyl (C=O) groups excluding carboxylic acids is 1. The van der Waals surface area contributed by atoms with Gasteiger partial charge in [-0.05, 0) is 18.6 Å². The first-order valence-corrected chi connectivity index (χ1v) is 4.67. The number of aromatic nitrogens is 2. The molecule has 0 aliphatic heterocycles. The van der Waals surface area contributed by atoms with E-state index in [-0.39, 0.29) is 5.69 Å². The molecular weight excluding hydrogens is 212 g/mol. The van der Waals surface area contributed by atoms with Crippen LogP contribution in [-0.4, -0.2) is 33.2 Å². The van der Waals surface area contributed by atoms with Gasteiger partial charge >= 0.3 is 5.97 Å². The van der Waals surface area contributed by atoms with Crippen molar-refractivity contribution >= 4 is 17.7 Å². The van der Waals surface area contributed by atoms with E-state index in [1.807, 2.05) is 0 Å². The van der Waals surface area contributed by atoms with Crippen molar-refractivity contribution in [1.29, 1.82) is 0 Å². The molecule has 16 heavy (non-hydrogen) atoms. The molecule has 1 amide bonds. The summed E-state index contributed by atoms with van der Waals surface area (Å²) in [5.41, 5.74) is 5.02. The molecule has 1 unspecified atom stereocenters. The lowest BCUT2D eigenvalue weighted by Crippen LogP contribution is -2.29. The van der Waals surface area contributed by atoms with Crippen LogP contribution in [0.3, 0.4) is 0 Å². The zero-order valence-electron chi connectivity index (χ0n) is 8.67. The molecule has 7 nitrogen and oxygen atoms in total. The molecule has 86 valence electrons. The number of nitrogens with two attached hydrogens (primary N) is 1. The van der Waals surface area contributed by atoms with E-state index in [1.165, 1.54) is 12.1 Å². The van der Waals surface area contributed by atoms with Crippen LogP contribution in [0.15, 0.2) is 12.1 Å². The van der Waals surface area contributed by atoms with Gasteiger partial charge in [0.15, 0.2) is 5.69 Å². The second kappa shape index (κ2) is 5.06. The Morgan fingerprint density at radius 2 is 2.19 bits per heavy atom. The number of primary amides is 1. The van der Waals surface area contributed by atoms with Crippen molar-refractivity contribution in [2.75, 3.05) is 5.32 Å². The Morgan fingerprint density at radius 3 is 2.56 bits per heavy atom. The van der Waals surface area contributed by atoms with Crippen LogP contribution in [0.25, 0.3) is 0 Å². The molecule has 1 rings (SSSR count). The minimum atomic E-state index is -0.969. The quantitative estimate of drug-likeness (QED) is 0.640. The van der Waals surface area contributed by atoms with E-state index in [2.05, 4.69) is 15.5 Å². The number of anilines is 1. The van der Waals surface area contributed by atoms with Crippen molar-refractivity contribution in [3.63, 3.8) is 0 Å². The van der Waals surface area contributed by atoms with Gasteiger partial charge in [-0.2, -0.15) is 0 Å². The van der Waals surface area contributed by atoms with Gasteiger partial charge in [0.05, 0.1) is 0 Å². The summed E-state index contributed by atoms with van der Waals surface area (Å²) in [6.07, 6.45) is 0.411. The van der Waals surface area contributed by atoms with Gasteiger partial charge < -0.3 is 16.2 Å². The van der Waals surface area contributed by atoms with Crippen LogP contribution in [-0.2, 0) is 4.79 Å². The Hall–Kier alpha value is -2.18. The van der Waals surface area contributed by atoms with Gasteiger partial charge in [0.25, 0.3) is 5.91 Å². The van der Waals surface area contributed by atoms with Crippen molar-refractivity contribution in [1.82, 2.24) is 10.2 Å². The number of amides is 1. The minimum absolute atomic E-state index is 0.0360. The number of rotatable bonds is 5. The van der Waals surface area contributed by atoms with Crippen molar-refractivity contribution in [3.8, 4) is 0 Å². The molecule has 1 atom stereocenters. The largest absolute Gasteiger partial charge is 0.480 e. The Morgan fingerprint density at radius 1 is 1.50 bits per heavy atom. The van der Waals surface area contributed by atoms with E-state index < -0.39 is 17.9 Å². The van der Waals surface area contributed by atoms with Gasteiger partial charge in [-0.25, -0.2) is 4.79 Å². The molecule has 1 heterocycles. The highest BCUT2D eigenvalue weighted by molar-refractivity contribution is 5.90. The van der Waals surface area contributed by atoms with E-state index in [0.717, 1.165) is 0 Å². The fourth-order valence-electron chi connectivity index (χ4n) is 1.06. The molecule has 1 aromatic rings. The third-order valence-corrected chi connectivity index (χ3v) is 1.95. The van der Waals surface area contributed by atoms with Crippen LogP contribution in [0, 0.1) is 0 Å². The van der Waals surface area contributed by atoms with Gasteiger partial charge in [-0.1, -0.05) is 6.92 Å². The van der Waals surface area contributed by atoms with Gasteiger partial charge in [-0.15, -0.1) is 10.2 Å². The molecule has 0 aromatic carbocycles. The van der Waals surface area contributed by atoms with Gasteiger partial charge in [0.1, 0.15) is 11.9 Å². The molecule has 0 aliphatic rings.